The topological polar surface area (TPSA) is 88.2 Å². The summed E-state index contributed by atoms with van der Waals surface area (Å²) in [4.78, 5) is 17.4. The maximum atomic E-state index is 12.8. The van der Waals surface area contributed by atoms with Crippen LogP contribution in [0.1, 0.15) is 27.0 Å². The Morgan fingerprint density at radius 2 is 1.67 bits per heavy atom. The number of thiazole rings is 1. The van der Waals surface area contributed by atoms with Crippen LogP contribution in [0.4, 0.5) is 10.8 Å². The van der Waals surface area contributed by atoms with Gasteiger partial charge < -0.3 is 0 Å². The lowest BCUT2D eigenvalue weighted by atomic mass is 10.1. The van der Waals surface area contributed by atoms with Crippen LogP contribution < -0.4 is 10.0 Å². The van der Waals surface area contributed by atoms with Crippen LogP contribution in [0.3, 0.4) is 0 Å². The molecule has 4 aromatic rings. The zero-order valence-electron chi connectivity index (χ0n) is 18.4. The van der Waals surface area contributed by atoms with Crippen molar-refractivity contribution in [2.24, 2.45) is 0 Å². The summed E-state index contributed by atoms with van der Waals surface area (Å²) in [5, 5.41) is 5.16. The molecule has 6 nitrogen and oxygen atoms in total. The van der Waals surface area contributed by atoms with Crippen LogP contribution in [0, 0.1) is 20.8 Å². The third kappa shape index (κ3) is 5.30. The van der Waals surface area contributed by atoms with Crippen molar-refractivity contribution in [1.82, 2.24) is 4.98 Å². The first-order chi connectivity index (χ1) is 15.7. The summed E-state index contributed by atoms with van der Waals surface area (Å²) in [5.41, 5.74) is 5.76. The standard InChI is InChI=1S/C25H23N3O3S2/c1-16-7-11-22(12-8-16)33(30,31)28-21-6-4-5-20(14-21)24(29)27-25-26-23(15-32-25)19-10-9-17(2)18(3)13-19/h4-15,28H,1-3H3,(H,26,27,29). The van der Waals surface area contributed by atoms with Gasteiger partial charge in [-0.2, -0.15) is 0 Å². The molecule has 1 amide bonds. The second-order valence-electron chi connectivity index (χ2n) is 7.79. The molecule has 2 N–H and O–H groups in total. The smallest absolute Gasteiger partial charge is 0.261 e. The van der Waals surface area contributed by atoms with Crippen molar-refractivity contribution in [1.29, 1.82) is 0 Å². The average Bonchev–Trinajstić information content (AvgIpc) is 3.24. The fourth-order valence-corrected chi connectivity index (χ4v) is 4.95. The Morgan fingerprint density at radius 3 is 2.39 bits per heavy atom. The molecule has 33 heavy (non-hydrogen) atoms. The maximum absolute atomic E-state index is 12.8. The van der Waals surface area contributed by atoms with Crippen molar-refractivity contribution in [3.8, 4) is 11.3 Å². The van der Waals surface area contributed by atoms with E-state index in [1.54, 1.807) is 42.5 Å². The highest BCUT2D eigenvalue weighted by Crippen LogP contribution is 2.27. The van der Waals surface area contributed by atoms with Gasteiger partial charge in [0, 0.05) is 22.2 Å². The molecule has 0 fully saturated rings. The Hall–Kier alpha value is -3.49. The van der Waals surface area contributed by atoms with Crippen LogP contribution in [-0.2, 0) is 10.0 Å². The predicted molar refractivity (Wildman–Crippen MR) is 133 cm³/mol. The highest BCUT2D eigenvalue weighted by Gasteiger charge is 2.16. The Kier molecular flexibility index (Phi) is 6.31. The first-order valence-electron chi connectivity index (χ1n) is 10.3. The van der Waals surface area contributed by atoms with E-state index in [-0.39, 0.29) is 10.8 Å². The highest BCUT2D eigenvalue weighted by atomic mass is 32.2. The number of carbonyl (C=O) groups excluding carboxylic acids is 1. The number of nitrogens with one attached hydrogen (secondary N) is 2. The lowest BCUT2D eigenvalue weighted by Crippen LogP contribution is -2.15. The number of aryl methyl sites for hydroxylation is 3. The van der Waals surface area contributed by atoms with Gasteiger partial charge in [-0.1, -0.05) is 35.9 Å². The molecule has 0 saturated carbocycles. The van der Waals surface area contributed by atoms with Gasteiger partial charge in [-0.25, -0.2) is 13.4 Å². The van der Waals surface area contributed by atoms with Crippen LogP contribution in [0.25, 0.3) is 11.3 Å². The second kappa shape index (κ2) is 9.17. The van der Waals surface area contributed by atoms with E-state index in [4.69, 9.17) is 0 Å². The summed E-state index contributed by atoms with van der Waals surface area (Å²) in [7, 11) is -3.76. The zero-order chi connectivity index (χ0) is 23.6. The Labute approximate surface area is 197 Å². The number of aromatic nitrogens is 1. The first kappa shape index (κ1) is 22.7. The quantitative estimate of drug-likeness (QED) is 0.368. The van der Waals surface area contributed by atoms with E-state index in [1.807, 2.05) is 31.4 Å². The minimum Gasteiger partial charge on any atom is -0.298 e. The van der Waals surface area contributed by atoms with Gasteiger partial charge in [-0.3, -0.25) is 14.8 Å². The molecule has 0 aliphatic rings. The van der Waals surface area contributed by atoms with Crippen molar-refractivity contribution in [2.45, 2.75) is 25.7 Å². The molecular formula is C25H23N3O3S2. The Balaban J connectivity index is 1.48. The van der Waals surface area contributed by atoms with Crippen LogP contribution in [-0.4, -0.2) is 19.3 Å². The molecular weight excluding hydrogens is 454 g/mol. The molecule has 1 heterocycles. The van der Waals surface area contributed by atoms with E-state index in [2.05, 4.69) is 28.0 Å². The van der Waals surface area contributed by atoms with Gasteiger partial charge in [0.05, 0.1) is 10.6 Å². The minimum atomic E-state index is -3.76. The van der Waals surface area contributed by atoms with Gasteiger partial charge in [-0.15, -0.1) is 11.3 Å². The summed E-state index contributed by atoms with van der Waals surface area (Å²) in [5.74, 6) is -0.368. The van der Waals surface area contributed by atoms with Crippen LogP contribution in [0.2, 0.25) is 0 Å². The first-order valence-corrected chi connectivity index (χ1v) is 12.6. The minimum absolute atomic E-state index is 0.157. The highest BCUT2D eigenvalue weighted by molar-refractivity contribution is 7.92. The number of carbonyl (C=O) groups is 1. The number of rotatable bonds is 6. The zero-order valence-corrected chi connectivity index (χ0v) is 20.0. The third-order valence-corrected chi connectivity index (χ3v) is 7.39. The lowest BCUT2D eigenvalue weighted by molar-refractivity contribution is 0.102. The number of hydrogen-bond donors (Lipinski definition) is 2. The SMILES string of the molecule is Cc1ccc(S(=O)(=O)Nc2cccc(C(=O)Nc3nc(-c4ccc(C)c(C)c4)cs3)c2)cc1. The third-order valence-electron chi connectivity index (χ3n) is 5.24. The summed E-state index contributed by atoms with van der Waals surface area (Å²) in [6, 6.07) is 19.0. The summed E-state index contributed by atoms with van der Waals surface area (Å²) in [6.07, 6.45) is 0. The summed E-state index contributed by atoms with van der Waals surface area (Å²) < 4.78 is 27.8. The number of amides is 1. The molecule has 4 rings (SSSR count). The molecule has 8 heteroatoms. The molecule has 3 aromatic carbocycles. The Morgan fingerprint density at radius 1 is 0.909 bits per heavy atom. The van der Waals surface area contributed by atoms with Gasteiger partial charge in [0.25, 0.3) is 15.9 Å². The normalized spacial score (nSPS) is 11.2. The number of benzene rings is 3. The van der Waals surface area contributed by atoms with Crippen molar-refractivity contribution >= 4 is 38.1 Å². The monoisotopic (exact) mass is 477 g/mol. The lowest BCUT2D eigenvalue weighted by Gasteiger charge is -2.10. The van der Waals surface area contributed by atoms with Crippen LogP contribution >= 0.6 is 11.3 Å². The molecule has 0 aliphatic carbocycles. The van der Waals surface area contributed by atoms with E-state index in [9.17, 15) is 13.2 Å². The van der Waals surface area contributed by atoms with Gasteiger partial charge >= 0.3 is 0 Å². The molecule has 1 aromatic heterocycles. The molecule has 0 atom stereocenters. The van der Waals surface area contributed by atoms with Crippen molar-refractivity contribution in [3.05, 3.63) is 94.4 Å². The average molecular weight is 478 g/mol. The molecule has 0 saturated heterocycles. The fraction of sp³-hybridized carbons (Fsp3) is 0.120. The summed E-state index contributed by atoms with van der Waals surface area (Å²) in [6.45, 7) is 5.99. The largest absolute Gasteiger partial charge is 0.298 e. The molecule has 0 unspecified atom stereocenters. The molecule has 0 bridgehead atoms. The van der Waals surface area contributed by atoms with Crippen LogP contribution in [0.15, 0.2) is 77.0 Å². The van der Waals surface area contributed by atoms with Crippen molar-refractivity contribution in [3.63, 3.8) is 0 Å². The number of anilines is 2. The molecule has 0 spiro atoms. The van der Waals surface area contributed by atoms with E-state index in [0.717, 1.165) is 16.8 Å². The fourth-order valence-electron chi connectivity index (χ4n) is 3.19. The van der Waals surface area contributed by atoms with E-state index < -0.39 is 10.0 Å². The van der Waals surface area contributed by atoms with Gasteiger partial charge in [0.15, 0.2) is 5.13 Å². The van der Waals surface area contributed by atoms with Gasteiger partial charge in [0.2, 0.25) is 0 Å². The number of sulfonamides is 1. The Bertz CT molecular complexity index is 1430. The second-order valence-corrected chi connectivity index (χ2v) is 10.3. The van der Waals surface area contributed by atoms with Crippen molar-refractivity contribution in [2.75, 3.05) is 10.0 Å². The van der Waals surface area contributed by atoms with E-state index in [0.29, 0.717) is 16.4 Å². The summed E-state index contributed by atoms with van der Waals surface area (Å²) >= 11 is 1.34. The van der Waals surface area contributed by atoms with Gasteiger partial charge in [0.1, 0.15) is 0 Å². The number of hydrogen-bond acceptors (Lipinski definition) is 5. The van der Waals surface area contributed by atoms with Crippen molar-refractivity contribution < 1.29 is 13.2 Å². The van der Waals surface area contributed by atoms with E-state index in [1.165, 1.54) is 28.5 Å². The molecule has 168 valence electrons. The maximum Gasteiger partial charge on any atom is 0.261 e. The van der Waals surface area contributed by atoms with Gasteiger partial charge in [-0.05, 0) is 68.3 Å². The van der Waals surface area contributed by atoms with E-state index >= 15 is 0 Å². The number of nitrogens with zero attached hydrogens (tertiary/aromatic N) is 1. The molecule has 0 aliphatic heterocycles. The predicted octanol–water partition coefficient (Wildman–Crippen LogP) is 5.79. The molecule has 0 radical (unpaired) electrons. The van der Waals surface area contributed by atoms with Crippen LogP contribution in [0.5, 0.6) is 0 Å².